The van der Waals surface area contributed by atoms with E-state index in [4.69, 9.17) is 5.11 Å². The third-order valence-corrected chi connectivity index (χ3v) is 2.03. The minimum absolute atomic E-state index is 0.237. The first-order valence-corrected chi connectivity index (χ1v) is 4.75. The van der Waals surface area contributed by atoms with Gasteiger partial charge < -0.3 is 10.4 Å². The standard InChI is InChI=1S/C9H7N3O7/c13-8(14)4-10-9(15)5-1-2-6(11(16)17)7(3-5)12(18)19/h1-3H,4H2,(H,10,15)(H,13,14). The van der Waals surface area contributed by atoms with Crippen LogP contribution in [-0.4, -0.2) is 33.4 Å². The fourth-order valence-corrected chi connectivity index (χ4v) is 1.22. The van der Waals surface area contributed by atoms with Gasteiger partial charge in [0.1, 0.15) is 6.54 Å². The average Bonchev–Trinajstić information content (AvgIpc) is 2.34. The zero-order chi connectivity index (χ0) is 14.6. The zero-order valence-electron chi connectivity index (χ0n) is 9.23. The summed E-state index contributed by atoms with van der Waals surface area (Å²) < 4.78 is 0. The highest BCUT2D eigenvalue weighted by molar-refractivity contribution is 5.96. The van der Waals surface area contributed by atoms with E-state index in [0.717, 1.165) is 18.2 Å². The van der Waals surface area contributed by atoms with Crippen LogP contribution < -0.4 is 5.32 Å². The number of carbonyl (C=O) groups excluding carboxylic acids is 1. The second-order valence-corrected chi connectivity index (χ2v) is 3.29. The lowest BCUT2D eigenvalue weighted by Crippen LogP contribution is -2.29. The molecule has 0 unspecified atom stereocenters. The second-order valence-electron chi connectivity index (χ2n) is 3.29. The molecule has 0 aliphatic heterocycles. The number of nitrogens with zero attached hydrogens (tertiary/aromatic N) is 2. The lowest BCUT2D eigenvalue weighted by Gasteiger charge is -2.02. The summed E-state index contributed by atoms with van der Waals surface area (Å²) in [6, 6.07) is 2.53. The predicted molar refractivity (Wildman–Crippen MR) is 59.7 cm³/mol. The van der Waals surface area contributed by atoms with Crippen molar-refractivity contribution in [2.24, 2.45) is 0 Å². The van der Waals surface area contributed by atoms with Gasteiger partial charge in [-0.25, -0.2) is 0 Å². The second kappa shape index (κ2) is 5.53. The third kappa shape index (κ3) is 3.46. The molecule has 0 spiro atoms. The summed E-state index contributed by atoms with van der Waals surface area (Å²) >= 11 is 0. The number of nitrogens with one attached hydrogen (secondary N) is 1. The molecule has 0 atom stereocenters. The van der Waals surface area contributed by atoms with E-state index in [2.05, 4.69) is 0 Å². The van der Waals surface area contributed by atoms with E-state index in [1.807, 2.05) is 5.32 Å². The maximum absolute atomic E-state index is 11.4. The lowest BCUT2D eigenvalue weighted by atomic mass is 10.1. The molecule has 2 N–H and O–H groups in total. The van der Waals surface area contributed by atoms with Crippen molar-refractivity contribution < 1.29 is 24.5 Å². The number of aliphatic carboxylic acids is 1. The summed E-state index contributed by atoms with van der Waals surface area (Å²) in [6.07, 6.45) is 0. The summed E-state index contributed by atoms with van der Waals surface area (Å²) in [5.74, 6) is -2.16. The number of rotatable bonds is 5. The molecule has 0 aliphatic rings. The Labute approximate surface area is 104 Å². The highest BCUT2D eigenvalue weighted by Crippen LogP contribution is 2.27. The summed E-state index contributed by atoms with van der Waals surface area (Å²) in [6.45, 7) is -0.663. The van der Waals surface area contributed by atoms with Gasteiger partial charge in [-0.05, 0) is 6.07 Å². The Kier molecular flexibility index (Phi) is 4.08. The van der Waals surface area contributed by atoms with Crippen LogP contribution in [0.1, 0.15) is 10.4 Å². The highest BCUT2D eigenvalue weighted by Gasteiger charge is 2.25. The van der Waals surface area contributed by atoms with Gasteiger partial charge in [0.05, 0.1) is 9.85 Å². The van der Waals surface area contributed by atoms with Crippen molar-refractivity contribution in [2.75, 3.05) is 6.54 Å². The van der Waals surface area contributed by atoms with Crippen LogP contribution in [-0.2, 0) is 4.79 Å². The quantitative estimate of drug-likeness (QED) is 0.576. The van der Waals surface area contributed by atoms with Crippen LogP contribution in [0.25, 0.3) is 0 Å². The first kappa shape index (κ1) is 14.0. The minimum Gasteiger partial charge on any atom is -0.480 e. The SMILES string of the molecule is O=C(O)CNC(=O)c1ccc([N+](=O)[O-])c([N+](=O)[O-])c1. The molecule has 0 fully saturated rings. The molecular weight excluding hydrogens is 262 g/mol. The summed E-state index contributed by atoms with van der Waals surface area (Å²) in [7, 11) is 0. The maximum Gasteiger partial charge on any atom is 0.346 e. The molecule has 1 amide bonds. The Morgan fingerprint density at radius 1 is 1.16 bits per heavy atom. The van der Waals surface area contributed by atoms with Gasteiger partial charge in [0.2, 0.25) is 0 Å². The van der Waals surface area contributed by atoms with Gasteiger partial charge in [-0.2, -0.15) is 0 Å². The first-order chi connectivity index (χ1) is 8.82. The van der Waals surface area contributed by atoms with Crippen LogP contribution in [0.15, 0.2) is 18.2 Å². The number of benzene rings is 1. The van der Waals surface area contributed by atoms with Gasteiger partial charge in [0.25, 0.3) is 5.91 Å². The van der Waals surface area contributed by atoms with Gasteiger partial charge in [-0.1, -0.05) is 0 Å². The van der Waals surface area contributed by atoms with Gasteiger partial charge in [-0.15, -0.1) is 0 Å². The molecule has 1 aromatic carbocycles. The first-order valence-electron chi connectivity index (χ1n) is 4.75. The van der Waals surface area contributed by atoms with Gasteiger partial charge in [0, 0.05) is 17.7 Å². The molecule has 1 rings (SSSR count). The molecule has 0 heterocycles. The molecule has 19 heavy (non-hydrogen) atoms. The van der Waals surface area contributed by atoms with Gasteiger partial charge in [0.15, 0.2) is 0 Å². The Bertz CT molecular complexity index is 569. The molecule has 0 aromatic heterocycles. The molecule has 10 heteroatoms. The van der Waals surface area contributed by atoms with Crippen LogP contribution in [0, 0.1) is 20.2 Å². The highest BCUT2D eigenvalue weighted by atomic mass is 16.6. The van der Waals surface area contributed by atoms with Crippen molar-refractivity contribution in [3.63, 3.8) is 0 Å². The van der Waals surface area contributed by atoms with Crippen molar-refractivity contribution in [3.8, 4) is 0 Å². The predicted octanol–water partition coefficient (Wildman–Crippen LogP) is 0.317. The molecule has 0 aliphatic carbocycles. The van der Waals surface area contributed by atoms with Crippen molar-refractivity contribution in [1.29, 1.82) is 0 Å². The normalized spacial score (nSPS) is 9.68. The smallest absolute Gasteiger partial charge is 0.346 e. The molecule has 0 saturated carbocycles. The van der Waals surface area contributed by atoms with E-state index >= 15 is 0 Å². The van der Waals surface area contributed by atoms with Gasteiger partial charge in [-0.3, -0.25) is 29.8 Å². The van der Waals surface area contributed by atoms with E-state index in [1.165, 1.54) is 0 Å². The third-order valence-electron chi connectivity index (χ3n) is 2.03. The van der Waals surface area contributed by atoms with E-state index in [0.29, 0.717) is 0 Å². The summed E-state index contributed by atoms with van der Waals surface area (Å²) in [4.78, 5) is 40.9. The molecule has 100 valence electrons. The largest absolute Gasteiger partial charge is 0.480 e. The monoisotopic (exact) mass is 269 g/mol. The van der Waals surface area contributed by atoms with E-state index in [-0.39, 0.29) is 5.56 Å². The van der Waals surface area contributed by atoms with Crippen LogP contribution in [0.4, 0.5) is 11.4 Å². The lowest BCUT2D eigenvalue weighted by molar-refractivity contribution is -0.422. The number of carboxylic acids is 1. The van der Waals surface area contributed by atoms with Gasteiger partial charge >= 0.3 is 17.3 Å². The molecule has 0 saturated heterocycles. The van der Waals surface area contributed by atoms with E-state index < -0.39 is 39.6 Å². The molecule has 1 aromatic rings. The number of carboxylic acid groups (broad SMARTS) is 1. The number of nitro groups is 2. The topological polar surface area (TPSA) is 153 Å². The Morgan fingerprint density at radius 3 is 2.21 bits per heavy atom. The fourth-order valence-electron chi connectivity index (χ4n) is 1.22. The molecule has 0 radical (unpaired) electrons. The molecule has 10 nitrogen and oxygen atoms in total. The number of hydrogen-bond acceptors (Lipinski definition) is 6. The molecular formula is C9H7N3O7. The van der Waals surface area contributed by atoms with E-state index in [1.54, 1.807) is 0 Å². The Morgan fingerprint density at radius 2 is 1.74 bits per heavy atom. The number of hydrogen-bond donors (Lipinski definition) is 2. The summed E-state index contributed by atoms with van der Waals surface area (Å²) in [5, 5.41) is 31.5. The fraction of sp³-hybridized carbons (Fsp3) is 0.111. The van der Waals surface area contributed by atoms with Crippen molar-refractivity contribution in [2.45, 2.75) is 0 Å². The Hall–Kier alpha value is -3.04. The van der Waals surface area contributed by atoms with Crippen LogP contribution in [0.3, 0.4) is 0 Å². The number of nitro benzene ring substituents is 2. The van der Waals surface area contributed by atoms with E-state index in [9.17, 15) is 29.8 Å². The van der Waals surface area contributed by atoms with Crippen LogP contribution >= 0.6 is 0 Å². The maximum atomic E-state index is 11.4. The number of amides is 1. The van der Waals surface area contributed by atoms with Crippen molar-refractivity contribution >= 4 is 23.3 Å². The van der Waals surface area contributed by atoms with Crippen LogP contribution in [0.5, 0.6) is 0 Å². The van der Waals surface area contributed by atoms with Crippen molar-refractivity contribution in [1.82, 2.24) is 5.32 Å². The van der Waals surface area contributed by atoms with Crippen molar-refractivity contribution in [3.05, 3.63) is 44.0 Å². The Balaban J connectivity index is 3.08. The average molecular weight is 269 g/mol. The van der Waals surface area contributed by atoms with Crippen LogP contribution in [0.2, 0.25) is 0 Å². The minimum atomic E-state index is -1.29. The molecule has 0 bridgehead atoms. The number of carbonyl (C=O) groups is 2. The summed E-state index contributed by atoms with van der Waals surface area (Å²) in [5.41, 5.74) is -1.83. The zero-order valence-corrected chi connectivity index (χ0v) is 9.23.